The van der Waals surface area contributed by atoms with Crippen LogP contribution in [0.2, 0.25) is 0 Å². The van der Waals surface area contributed by atoms with Crippen molar-refractivity contribution >= 4 is 11.9 Å². The summed E-state index contributed by atoms with van der Waals surface area (Å²) in [6.07, 6.45) is 2.90. The van der Waals surface area contributed by atoms with E-state index < -0.39 is 0 Å². The van der Waals surface area contributed by atoms with Crippen molar-refractivity contribution in [3.05, 3.63) is 53.9 Å². The van der Waals surface area contributed by atoms with Gasteiger partial charge in [0.15, 0.2) is 17.8 Å². The highest BCUT2D eigenvalue weighted by atomic mass is 16.3. The lowest BCUT2D eigenvalue weighted by molar-refractivity contribution is 0.111. The number of furan rings is 1. The SMILES string of the molecule is O=Cc1cccc2nc(Cc3ccco3)nn12. The van der Waals surface area contributed by atoms with E-state index in [1.807, 2.05) is 18.2 Å². The number of rotatable bonds is 3. The highest BCUT2D eigenvalue weighted by Crippen LogP contribution is 2.09. The fraction of sp³-hybridized carbons (Fsp3) is 0.0833. The van der Waals surface area contributed by atoms with Gasteiger partial charge in [-0.2, -0.15) is 5.10 Å². The van der Waals surface area contributed by atoms with E-state index in [2.05, 4.69) is 10.1 Å². The first-order valence-corrected chi connectivity index (χ1v) is 5.19. The smallest absolute Gasteiger partial charge is 0.168 e. The molecule has 84 valence electrons. The van der Waals surface area contributed by atoms with Crippen LogP contribution in [-0.4, -0.2) is 20.9 Å². The van der Waals surface area contributed by atoms with Gasteiger partial charge < -0.3 is 4.42 Å². The Morgan fingerprint density at radius 2 is 2.24 bits per heavy atom. The van der Waals surface area contributed by atoms with Gasteiger partial charge >= 0.3 is 0 Å². The van der Waals surface area contributed by atoms with E-state index in [0.717, 1.165) is 12.0 Å². The van der Waals surface area contributed by atoms with Crippen molar-refractivity contribution in [2.24, 2.45) is 0 Å². The molecule has 0 amide bonds. The first kappa shape index (κ1) is 9.77. The van der Waals surface area contributed by atoms with Gasteiger partial charge in [0.05, 0.1) is 12.7 Å². The number of carbonyl (C=O) groups excluding carboxylic acids is 1. The minimum absolute atomic E-state index is 0.487. The largest absolute Gasteiger partial charge is 0.469 e. The molecule has 0 fully saturated rings. The maximum Gasteiger partial charge on any atom is 0.168 e. The van der Waals surface area contributed by atoms with Crippen LogP contribution in [0.3, 0.4) is 0 Å². The molecule has 0 aliphatic rings. The standard InChI is InChI=1S/C12H9N3O2/c16-8-9-3-1-5-12-13-11(14-15(9)12)7-10-4-2-6-17-10/h1-6,8H,7H2. The van der Waals surface area contributed by atoms with E-state index in [4.69, 9.17) is 4.42 Å². The predicted molar refractivity (Wildman–Crippen MR) is 59.9 cm³/mol. The third-order valence-electron chi connectivity index (χ3n) is 2.47. The van der Waals surface area contributed by atoms with Crippen LogP contribution in [-0.2, 0) is 6.42 Å². The van der Waals surface area contributed by atoms with E-state index in [9.17, 15) is 4.79 Å². The molecule has 3 aromatic rings. The topological polar surface area (TPSA) is 60.4 Å². The number of aldehydes is 1. The summed E-state index contributed by atoms with van der Waals surface area (Å²) < 4.78 is 6.76. The normalized spacial score (nSPS) is 10.8. The lowest BCUT2D eigenvalue weighted by Gasteiger charge is -1.93. The maximum absolute atomic E-state index is 10.8. The molecule has 17 heavy (non-hydrogen) atoms. The van der Waals surface area contributed by atoms with Crippen LogP contribution in [0, 0.1) is 0 Å². The van der Waals surface area contributed by atoms with Crippen LogP contribution in [0.1, 0.15) is 22.1 Å². The van der Waals surface area contributed by atoms with Gasteiger partial charge in [0.1, 0.15) is 11.5 Å². The zero-order valence-corrected chi connectivity index (χ0v) is 8.91. The molecule has 0 saturated heterocycles. The summed E-state index contributed by atoms with van der Waals surface area (Å²) >= 11 is 0. The summed E-state index contributed by atoms with van der Waals surface area (Å²) in [5, 5.41) is 4.27. The number of pyridine rings is 1. The molecule has 0 unspecified atom stereocenters. The number of nitrogens with zero attached hydrogens (tertiary/aromatic N) is 3. The average molecular weight is 227 g/mol. The molecule has 0 aliphatic heterocycles. The summed E-state index contributed by atoms with van der Waals surface area (Å²) in [4.78, 5) is 15.2. The highest BCUT2D eigenvalue weighted by molar-refractivity contribution is 5.73. The van der Waals surface area contributed by atoms with Gasteiger partial charge in [-0.3, -0.25) is 4.79 Å². The molecule has 3 heterocycles. The van der Waals surface area contributed by atoms with Crippen LogP contribution in [0.4, 0.5) is 0 Å². The molecule has 5 nitrogen and oxygen atoms in total. The number of fused-ring (bicyclic) bond motifs is 1. The van der Waals surface area contributed by atoms with E-state index in [-0.39, 0.29) is 0 Å². The molecule has 3 rings (SSSR count). The van der Waals surface area contributed by atoms with Crippen LogP contribution in [0.25, 0.3) is 5.65 Å². The Balaban J connectivity index is 2.04. The second kappa shape index (κ2) is 3.86. The van der Waals surface area contributed by atoms with Crippen molar-refractivity contribution in [3.63, 3.8) is 0 Å². The third kappa shape index (κ3) is 1.71. The van der Waals surface area contributed by atoms with Gasteiger partial charge in [0, 0.05) is 0 Å². The predicted octanol–water partition coefficient (Wildman–Crippen LogP) is 1.73. The Labute approximate surface area is 96.7 Å². The van der Waals surface area contributed by atoms with Crippen molar-refractivity contribution in [1.82, 2.24) is 14.6 Å². The first-order chi connectivity index (χ1) is 8.36. The Morgan fingerprint density at radius 3 is 3.00 bits per heavy atom. The third-order valence-corrected chi connectivity index (χ3v) is 2.47. The van der Waals surface area contributed by atoms with E-state index in [0.29, 0.717) is 23.6 Å². The first-order valence-electron chi connectivity index (χ1n) is 5.19. The molecule has 0 aliphatic carbocycles. The maximum atomic E-state index is 10.8. The van der Waals surface area contributed by atoms with Crippen molar-refractivity contribution in [1.29, 1.82) is 0 Å². The summed E-state index contributed by atoms with van der Waals surface area (Å²) in [6.45, 7) is 0. The molecular formula is C12H9N3O2. The van der Waals surface area contributed by atoms with Crippen molar-refractivity contribution in [2.75, 3.05) is 0 Å². The lowest BCUT2D eigenvalue weighted by Crippen LogP contribution is -1.97. The van der Waals surface area contributed by atoms with Crippen molar-refractivity contribution < 1.29 is 9.21 Å². The molecule has 0 N–H and O–H groups in total. The quantitative estimate of drug-likeness (QED) is 0.639. The van der Waals surface area contributed by atoms with Crippen LogP contribution < -0.4 is 0 Å². The number of hydrogen-bond acceptors (Lipinski definition) is 4. The van der Waals surface area contributed by atoms with Gasteiger partial charge in [-0.25, -0.2) is 9.50 Å². The Morgan fingerprint density at radius 1 is 1.29 bits per heavy atom. The average Bonchev–Trinajstić information content (AvgIpc) is 2.97. The van der Waals surface area contributed by atoms with Gasteiger partial charge in [-0.15, -0.1) is 0 Å². The summed E-state index contributed by atoms with van der Waals surface area (Å²) in [5.41, 5.74) is 1.15. The summed E-state index contributed by atoms with van der Waals surface area (Å²) in [7, 11) is 0. The van der Waals surface area contributed by atoms with Gasteiger partial charge in [0.25, 0.3) is 0 Å². The zero-order chi connectivity index (χ0) is 11.7. The van der Waals surface area contributed by atoms with Gasteiger partial charge in [-0.1, -0.05) is 6.07 Å². The molecule has 0 bridgehead atoms. The zero-order valence-electron chi connectivity index (χ0n) is 8.91. The number of aromatic nitrogens is 3. The Hall–Kier alpha value is -2.43. The van der Waals surface area contributed by atoms with Gasteiger partial charge in [0.2, 0.25) is 0 Å². The summed E-state index contributed by atoms with van der Waals surface area (Å²) in [5.74, 6) is 1.43. The summed E-state index contributed by atoms with van der Waals surface area (Å²) in [6, 6.07) is 8.98. The molecule has 0 atom stereocenters. The van der Waals surface area contributed by atoms with Crippen LogP contribution in [0.15, 0.2) is 41.0 Å². The number of hydrogen-bond donors (Lipinski definition) is 0. The fourth-order valence-electron chi connectivity index (χ4n) is 1.70. The van der Waals surface area contributed by atoms with Crippen LogP contribution in [0.5, 0.6) is 0 Å². The van der Waals surface area contributed by atoms with E-state index >= 15 is 0 Å². The Bertz CT molecular complexity index is 656. The highest BCUT2D eigenvalue weighted by Gasteiger charge is 2.08. The second-order valence-corrected chi connectivity index (χ2v) is 3.62. The minimum Gasteiger partial charge on any atom is -0.469 e. The molecule has 0 saturated carbocycles. The van der Waals surface area contributed by atoms with E-state index in [1.54, 1.807) is 18.4 Å². The lowest BCUT2D eigenvalue weighted by atomic mass is 10.3. The minimum atomic E-state index is 0.487. The van der Waals surface area contributed by atoms with Crippen molar-refractivity contribution in [3.8, 4) is 0 Å². The molecule has 5 heteroatoms. The van der Waals surface area contributed by atoms with Gasteiger partial charge in [-0.05, 0) is 24.3 Å². The molecular weight excluding hydrogens is 218 g/mol. The second-order valence-electron chi connectivity index (χ2n) is 3.62. The number of carbonyl (C=O) groups is 1. The molecule has 3 aromatic heterocycles. The van der Waals surface area contributed by atoms with Crippen molar-refractivity contribution in [2.45, 2.75) is 6.42 Å². The van der Waals surface area contributed by atoms with Crippen LogP contribution >= 0.6 is 0 Å². The Kier molecular flexibility index (Phi) is 2.22. The monoisotopic (exact) mass is 227 g/mol. The fourth-order valence-corrected chi connectivity index (χ4v) is 1.70. The molecule has 0 spiro atoms. The molecule has 0 aromatic carbocycles. The molecule has 0 radical (unpaired) electrons. The van der Waals surface area contributed by atoms with E-state index in [1.165, 1.54) is 4.52 Å².